The van der Waals surface area contributed by atoms with E-state index in [1.807, 2.05) is 0 Å². The highest BCUT2D eigenvalue weighted by atomic mass is 32.2. The molecule has 0 unspecified atom stereocenters. The van der Waals surface area contributed by atoms with Crippen LogP contribution in [-0.2, 0) is 21.5 Å². The first kappa shape index (κ1) is 22.9. The van der Waals surface area contributed by atoms with Crippen LogP contribution in [0.1, 0.15) is 16.1 Å². The number of nitrogens with zero attached hydrogens (tertiary/aromatic N) is 1. The van der Waals surface area contributed by atoms with E-state index >= 15 is 0 Å². The first-order valence-corrected chi connectivity index (χ1v) is 11.1. The number of ether oxygens (including phenoxy) is 2. The zero-order valence-electron chi connectivity index (χ0n) is 16.7. The highest BCUT2D eigenvalue weighted by molar-refractivity contribution is 7.98. The van der Waals surface area contributed by atoms with Gasteiger partial charge in [-0.3, -0.25) is 0 Å². The number of hydrogen-bond donors (Lipinski definition) is 2. The molecule has 2 heterocycles. The van der Waals surface area contributed by atoms with Gasteiger partial charge in [-0.25, -0.2) is 14.6 Å². The fourth-order valence-electron chi connectivity index (χ4n) is 2.97. The number of carboxylic acids is 2. The number of thiazole rings is 1. The third kappa shape index (κ3) is 4.35. The summed E-state index contributed by atoms with van der Waals surface area (Å²) in [5.41, 5.74) is 0.584. The van der Waals surface area contributed by atoms with Gasteiger partial charge in [0.25, 0.3) is 0 Å². The molecule has 0 atom stereocenters. The molecule has 1 aromatic heterocycles. The van der Waals surface area contributed by atoms with Gasteiger partial charge in [0, 0.05) is 21.1 Å². The maximum absolute atomic E-state index is 12.8. The Bertz CT molecular complexity index is 1230. The molecule has 3 aromatic rings. The zero-order chi connectivity index (χ0) is 24.0. The van der Waals surface area contributed by atoms with Crippen LogP contribution in [0.4, 0.5) is 13.2 Å². The largest absolute Gasteiger partial charge is 0.475 e. The molecule has 172 valence electrons. The average Bonchev–Trinajstić information content (AvgIpc) is 3.33. The number of hydrogen-bond acceptors (Lipinski definition) is 7. The summed E-state index contributed by atoms with van der Waals surface area (Å²) >= 11 is 2.73. The highest BCUT2D eigenvalue weighted by Gasteiger charge is 2.57. The fourth-order valence-corrected chi connectivity index (χ4v) is 5.11. The van der Waals surface area contributed by atoms with Gasteiger partial charge in [-0.15, -0.1) is 23.1 Å². The monoisotopic (exact) mass is 497 g/mol. The van der Waals surface area contributed by atoms with Crippen molar-refractivity contribution in [1.82, 2.24) is 4.98 Å². The molecule has 7 nitrogen and oxygen atoms in total. The standard InChI is InChI=1S/C21H14F3NO6S2/c1-10-16(33-17(25-10)11-2-4-12(5-3-11)21(22,23)24)9-32-13-6-7-14-15(8-13)31-20(30-14,18(26)27)19(28)29/h2-8H,9H2,1H3,(H,26,27)(H,28,29). The van der Waals surface area contributed by atoms with E-state index in [0.29, 0.717) is 21.2 Å². The van der Waals surface area contributed by atoms with E-state index in [0.717, 1.165) is 22.7 Å². The molecule has 1 aliphatic heterocycles. The van der Waals surface area contributed by atoms with Crippen LogP contribution in [0, 0.1) is 6.92 Å². The normalized spacial score (nSPS) is 14.3. The van der Waals surface area contributed by atoms with E-state index < -0.39 is 29.5 Å². The van der Waals surface area contributed by atoms with Crippen molar-refractivity contribution in [2.75, 3.05) is 0 Å². The fraction of sp³-hybridized carbons (Fsp3) is 0.190. The smallest absolute Gasteiger partial charge is 0.453 e. The summed E-state index contributed by atoms with van der Waals surface area (Å²) in [6.07, 6.45) is -4.40. The van der Waals surface area contributed by atoms with E-state index in [9.17, 15) is 33.0 Å². The Kier molecular flexibility index (Phi) is 5.74. The number of alkyl halides is 3. The second-order valence-electron chi connectivity index (χ2n) is 6.93. The molecule has 0 fully saturated rings. The molecular formula is C21H14F3NO6S2. The number of fused-ring (bicyclic) bond motifs is 1. The van der Waals surface area contributed by atoms with E-state index in [4.69, 9.17) is 9.47 Å². The van der Waals surface area contributed by atoms with Gasteiger partial charge in [0.1, 0.15) is 5.01 Å². The predicted molar refractivity (Wildman–Crippen MR) is 113 cm³/mol. The first-order valence-electron chi connectivity index (χ1n) is 9.25. The SMILES string of the molecule is Cc1nc(-c2ccc(C(F)(F)F)cc2)sc1CSc1ccc2c(c1)OC(C(=O)O)(C(=O)O)O2. The highest BCUT2D eigenvalue weighted by Crippen LogP contribution is 2.43. The van der Waals surface area contributed by atoms with Crippen molar-refractivity contribution in [3.05, 3.63) is 58.6 Å². The minimum atomic E-state index is -4.40. The molecule has 0 saturated heterocycles. The van der Waals surface area contributed by atoms with Crippen LogP contribution in [0.15, 0.2) is 47.4 Å². The Labute approximate surface area is 192 Å². The number of rotatable bonds is 6. The lowest BCUT2D eigenvalue weighted by Crippen LogP contribution is -2.54. The van der Waals surface area contributed by atoms with Gasteiger partial charge < -0.3 is 19.7 Å². The molecule has 0 aliphatic carbocycles. The van der Waals surface area contributed by atoms with Crippen LogP contribution in [0.5, 0.6) is 11.5 Å². The van der Waals surface area contributed by atoms with Gasteiger partial charge in [-0.05, 0) is 37.3 Å². The Balaban J connectivity index is 1.48. The van der Waals surface area contributed by atoms with Crippen LogP contribution in [0.25, 0.3) is 10.6 Å². The summed E-state index contributed by atoms with van der Waals surface area (Å²) in [5.74, 6) is -5.91. The van der Waals surface area contributed by atoms with Crippen molar-refractivity contribution in [1.29, 1.82) is 0 Å². The molecule has 0 amide bonds. The van der Waals surface area contributed by atoms with Crippen LogP contribution in [0.2, 0.25) is 0 Å². The molecule has 0 bridgehead atoms. The number of aromatic nitrogens is 1. The van der Waals surface area contributed by atoms with E-state index in [1.165, 1.54) is 47.4 Å². The van der Waals surface area contributed by atoms with Crippen LogP contribution < -0.4 is 9.47 Å². The molecule has 0 saturated carbocycles. The number of aliphatic carboxylic acids is 2. The molecule has 2 N–H and O–H groups in total. The van der Waals surface area contributed by atoms with Crippen molar-refractivity contribution in [2.24, 2.45) is 0 Å². The Hall–Kier alpha value is -3.25. The molecule has 0 radical (unpaired) electrons. The van der Waals surface area contributed by atoms with Gasteiger partial charge in [-0.1, -0.05) is 12.1 Å². The lowest BCUT2D eigenvalue weighted by Gasteiger charge is -2.16. The lowest BCUT2D eigenvalue weighted by atomic mass is 10.1. The summed E-state index contributed by atoms with van der Waals surface area (Å²) < 4.78 is 48.4. The lowest BCUT2D eigenvalue weighted by molar-refractivity contribution is -0.194. The third-order valence-electron chi connectivity index (χ3n) is 4.71. The molecule has 2 aromatic carbocycles. The van der Waals surface area contributed by atoms with Gasteiger partial charge in [0.15, 0.2) is 11.5 Å². The summed E-state index contributed by atoms with van der Waals surface area (Å²) in [6.45, 7) is 1.80. The van der Waals surface area contributed by atoms with Crippen molar-refractivity contribution in [2.45, 2.75) is 29.5 Å². The van der Waals surface area contributed by atoms with Crippen molar-refractivity contribution in [3.8, 4) is 22.1 Å². The van der Waals surface area contributed by atoms with Crippen LogP contribution in [-0.4, -0.2) is 32.9 Å². The van der Waals surface area contributed by atoms with Gasteiger partial charge >= 0.3 is 23.9 Å². The number of thioether (sulfide) groups is 1. The van der Waals surface area contributed by atoms with Crippen molar-refractivity contribution >= 4 is 35.0 Å². The molecule has 0 spiro atoms. The van der Waals surface area contributed by atoms with Crippen LogP contribution in [0.3, 0.4) is 0 Å². The van der Waals surface area contributed by atoms with Gasteiger partial charge in [0.2, 0.25) is 0 Å². The van der Waals surface area contributed by atoms with E-state index in [2.05, 4.69) is 4.98 Å². The third-order valence-corrected chi connectivity index (χ3v) is 7.12. The average molecular weight is 497 g/mol. The summed E-state index contributed by atoms with van der Waals surface area (Å²) in [4.78, 5) is 28.7. The molecule has 1 aliphatic rings. The molecule has 4 rings (SSSR count). The number of halogens is 3. The second kappa shape index (κ2) is 8.27. The number of benzene rings is 2. The zero-order valence-corrected chi connectivity index (χ0v) is 18.3. The maximum Gasteiger partial charge on any atom is 0.453 e. The van der Waals surface area contributed by atoms with Gasteiger partial charge in [-0.2, -0.15) is 13.2 Å². The summed E-state index contributed by atoms with van der Waals surface area (Å²) in [6, 6.07) is 9.35. The van der Waals surface area contributed by atoms with Gasteiger partial charge in [0.05, 0.1) is 11.3 Å². The quantitative estimate of drug-likeness (QED) is 0.359. The summed E-state index contributed by atoms with van der Waals surface area (Å²) in [7, 11) is 0. The van der Waals surface area contributed by atoms with Crippen molar-refractivity contribution < 1.29 is 42.4 Å². The first-order chi connectivity index (χ1) is 15.5. The predicted octanol–water partition coefficient (Wildman–Crippen LogP) is 5.07. The Morgan fingerprint density at radius 1 is 1.06 bits per heavy atom. The molecule has 12 heteroatoms. The Morgan fingerprint density at radius 3 is 2.30 bits per heavy atom. The van der Waals surface area contributed by atoms with E-state index in [1.54, 1.807) is 13.0 Å². The minimum absolute atomic E-state index is 0.00251. The van der Waals surface area contributed by atoms with Crippen molar-refractivity contribution in [3.63, 3.8) is 0 Å². The molecule has 33 heavy (non-hydrogen) atoms. The van der Waals surface area contributed by atoms with Crippen LogP contribution >= 0.6 is 23.1 Å². The number of aryl methyl sites for hydroxylation is 1. The number of carboxylic acid groups (broad SMARTS) is 2. The molecular weight excluding hydrogens is 483 g/mol. The second-order valence-corrected chi connectivity index (χ2v) is 9.06. The maximum atomic E-state index is 12.8. The Morgan fingerprint density at radius 2 is 1.70 bits per heavy atom. The topological polar surface area (TPSA) is 106 Å². The summed E-state index contributed by atoms with van der Waals surface area (Å²) in [5, 5.41) is 19.0. The number of carbonyl (C=O) groups is 2. The van der Waals surface area contributed by atoms with E-state index in [-0.39, 0.29) is 11.5 Å². The minimum Gasteiger partial charge on any atom is -0.475 e.